The van der Waals surface area contributed by atoms with Gasteiger partial charge in [-0.25, -0.2) is 22.7 Å². The Kier molecular flexibility index (Phi) is 4.91. The van der Waals surface area contributed by atoms with E-state index in [2.05, 4.69) is 19.4 Å². The minimum atomic E-state index is -3.15. The van der Waals surface area contributed by atoms with E-state index < -0.39 is 16.1 Å². The van der Waals surface area contributed by atoms with Gasteiger partial charge < -0.3 is 5.11 Å². The number of nitrogens with one attached hydrogen (secondary N) is 1. The summed E-state index contributed by atoms with van der Waals surface area (Å²) in [6.45, 7) is 2.23. The number of aliphatic hydroxyl groups is 1. The summed E-state index contributed by atoms with van der Waals surface area (Å²) in [5, 5.41) is 16.9. The summed E-state index contributed by atoms with van der Waals surface area (Å²) in [6.07, 6.45) is 5.96. The Morgan fingerprint density at radius 2 is 2.15 bits per heavy atom. The van der Waals surface area contributed by atoms with E-state index >= 15 is 0 Å². The molecule has 1 saturated carbocycles. The lowest BCUT2D eigenvalue weighted by Gasteiger charge is -2.28. The van der Waals surface area contributed by atoms with Gasteiger partial charge in [0.25, 0.3) is 5.65 Å². The van der Waals surface area contributed by atoms with E-state index in [-0.39, 0.29) is 6.04 Å². The first-order chi connectivity index (χ1) is 12.8. The highest BCUT2D eigenvalue weighted by Crippen LogP contribution is 2.32. The maximum Gasteiger partial charge on any atom is 0.307 e. The molecule has 0 radical (unpaired) electrons. The molecule has 2 N–H and O–H groups in total. The van der Waals surface area contributed by atoms with Crippen LogP contribution in [0.15, 0.2) is 17.8 Å². The van der Waals surface area contributed by atoms with Gasteiger partial charge in [0.1, 0.15) is 10.8 Å². The van der Waals surface area contributed by atoms with Gasteiger partial charge in [0.05, 0.1) is 22.9 Å². The molecule has 1 aliphatic carbocycles. The summed E-state index contributed by atoms with van der Waals surface area (Å²) in [5.41, 5.74) is 1.91. The lowest BCUT2D eigenvalue weighted by atomic mass is 9.86. The van der Waals surface area contributed by atoms with Crippen LogP contribution >= 0.6 is 11.3 Å². The second-order valence-corrected chi connectivity index (χ2v) is 10.1. The molecule has 1 atom stereocenters. The predicted molar refractivity (Wildman–Crippen MR) is 103 cm³/mol. The van der Waals surface area contributed by atoms with Crippen LogP contribution in [0.5, 0.6) is 0 Å². The minimum Gasteiger partial charge on any atom is -0.382 e. The minimum absolute atomic E-state index is 0.231. The number of aromatic nitrogens is 4. The fourth-order valence-corrected chi connectivity index (χ4v) is 5.34. The molecule has 0 bridgehead atoms. The van der Waals surface area contributed by atoms with Crippen molar-refractivity contribution in [1.82, 2.24) is 19.3 Å². The van der Waals surface area contributed by atoms with Gasteiger partial charge in [-0.1, -0.05) is 4.52 Å². The van der Waals surface area contributed by atoms with Gasteiger partial charge in [-0.2, -0.15) is 0 Å². The van der Waals surface area contributed by atoms with Gasteiger partial charge in [0.15, 0.2) is 6.33 Å². The SMILES string of the molecule is C[C@@H](O)c1nn2cnc3ccsc3c2[n+]1C1CCC(CNS(C)(=O)=O)CC1. The van der Waals surface area contributed by atoms with Crippen LogP contribution < -0.4 is 9.29 Å². The molecule has 0 aliphatic heterocycles. The second-order valence-electron chi connectivity index (χ2n) is 7.35. The molecule has 1 aliphatic rings. The van der Waals surface area contributed by atoms with Gasteiger partial charge in [0, 0.05) is 6.54 Å². The Bertz CT molecular complexity index is 1070. The van der Waals surface area contributed by atoms with Crippen LogP contribution in [0.1, 0.15) is 50.6 Å². The largest absolute Gasteiger partial charge is 0.382 e. The van der Waals surface area contributed by atoms with E-state index in [4.69, 9.17) is 0 Å². The monoisotopic (exact) mass is 410 g/mol. The second kappa shape index (κ2) is 7.08. The van der Waals surface area contributed by atoms with Gasteiger partial charge in [-0.05, 0) is 50.0 Å². The molecule has 3 heterocycles. The van der Waals surface area contributed by atoms with Crippen molar-refractivity contribution >= 4 is 37.2 Å². The van der Waals surface area contributed by atoms with Gasteiger partial charge in [-0.3, -0.25) is 0 Å². The van der Waals surface area contributed by atoms with Crippen LogP contribution in [0, 0.1) is 5.92 Å². The molecule has 0 aromatic carbocycles. The molecular formula is C17H24N5O3S2+. The Morgan fingerprint density at radius 1 is 1.41 bits per heavy atom. The van der Waals surface area contributed by atoms with E-state index in [0.717, 1.165) is 41.5 Å². The van der Waals surface area contributed by atoms with Crippen LogP contribution in [-0.2, 0) is 10.0 Å². The highest BCUT2D eigenvalue weighted by Gasteiger charge is 2.34. The summed E-state index contributed by atoms with van der Waals surface area (Å²) in [6, 6.07) is 2.22. The highest BCUT2D eigenvalue weighted by molar-refractivity contribution is 7.88. The van der Waals surface area contributed by atoms with Crippen molar-refractivity contribution in [3.05, 3.63) is 23.6 Å². The quantitative estimate of drug-likeness (QED) is 0.622. The lowest BCUT2D eigenvalue weighted by Crippen LogP contribution is -2.45. The number of sulfonamides is 1. The number of rotatable bonds is 5. The molecule has 10 heteroatoms. The van der Waals surface area contributed by atoms with Crippen molar-refractivity contribution in [3.8, 4) is 0 Å². The van der Waals surface area contributed by atoms with Crippen molar-refractivity contribution in [2.75, 3.05) is 12.8 Å². The molecule has 0 unspecified atom stereocenters. The van der Waals surface area contributed by atoms with Crippen molar-refractivity contribution in [3.63, 3.8) is 0 Å². The van der Waals surface area contributed by atoms with Crippen LogP contribution in [0.25, 0.3) is 15.9 Å². The Balaban J connectivity index is 1.65. The van der Waals surface area contributed by atoms with E-state index in [9.17, 15) is 13.5 Å². The van der Waals surface area contributed by atoms with Crippen LogP contribution in [-0.4, -0.2) is 40.9 Å². The third kappa shape index (κ3) is 3.71. The summed E-state index contributed by atoms with van der Waals surface area (Å²) in [7, 11) is -3.15. The van der Waals surface area contributed by atoms with Gasteiger partial charge in [0.2, 0.25) is 10.0 Å². The number of aliphatic hydroxyl groups excluding tert-OH is 1. The molecule has 4 rings (SSSR count). The lowest BCUT2D eigenvalue weighted by molar-refractivity contribution is -0.712. The molecule has 0 amide bonds. The van der Waals surface area contributed by atoms with Crippen molar-refractivity contribution < 1.29 is 18.1 Å². The molecule has 0 spiro atoms. The molecule has 3 aromatic heterocycles. The van der Waals surface area contributed by atoms with Crippen LogP contribution in [0.3, 0.4) is 0 Å². The summed E-state index contributed by atoms with van der Waals surface area (Å²) >= 11 is 1.63. The van der Waals surface area contributed by atoms with E-state index in [0.29, 0.717) is 18.3 Å². The standard InChI is InChI=1S/C17H24N5O3S2/c1-11(23)16-20-21-10-18-14-7-8-26-15(14)17(21)22(16)13-5-3-12(4-6-13)9-19-27(2,24)25/h7-8,10-13,19,23H,3-6,9H2,1-2H3/q+1/t11-,12?,13?/m1/s1. The highest BCUT2D eigenvalue weighted by atomic mass is 32.2. The zero-order chi connectivity index (χ0) is 19.2. The zero-order valence-corrected chi connectivity index (χ0v) is 17.0. The number of fused-ring (bicyclic) bond motifs is 3. The summed E-state index contributed by atoms with van der Waals surface area (Å²) < 4.78 is 30.3. The fraction of sp³-hybridized carbons (Fsp3) is 0.588. The smallest absolute Gasteiger partial charge is 0.307 e. The fourth-order valence-electron chi connectivity index (χ4n) is 3.93. The van der Waals surface area contributed by atoms with Gasteiger partial charge >= 0.3 is 5.82 Å². The first-order valence-corrected chi connectivity index (χ1v) is 11.9. The molecule has 8 nitrogen and oxygen atoms in total. The Hall–Kier alpha value is -1.62. The predicted octanol–water partition coefficient (Wildman–Crippen LogP) is 1.57. The Labute approximate surface area is 161 Å². The number of thiophene rings is 1. The summed E-state index contributed by atoms with van der Waals surface area (Å²) in [4.78, 5) is 4.44. The summed E-state index contributed by atoms with van der Waals surface area (Å²) in [5.74, 6) is 0.993. The third-order valence-corrected chi connectivity index (χ3v) is 6.84. The average Bonchev–Trinajstić information content (AvgIpc) is 3.23. The van der Waals surface area contributed by atoms with Crippen molar-refractivity contribution in [2.45, 2.75) is 44.8 Å². The van der Waals surface area contributed by atoms with Crippen molar-refractivity contribution in [1.29, 1.82) is 0 Å². The van der Waals surface area contributed by atoms with Gasteiger partial charge in [-0.15, -0.1) is 11.3 Å². The van der Waals surface area contributed by atoms with E-state index in [1.54, 1.807) is 29.1 Å². The topological polar surface area (TPSA) is 100 Å². The van der Waals surface area contributed by atoms with Crippen molar-refractivity contribution in [2.24, 2.45) is 5.92 Å². The van der Waals surface area contributed by atoms with Crippen LogP contribution in [0.2, 0.25) is 0 Å². The maximum absolute atomic E-state index is 11.3. The normalized spacial score (nSPS) is 22.5. The third-order valence-electron chi connectivity index (χ3n) is 5.25. The molecular weight excluding hydrogens is 386 g/mol. The molecule has 1 fully saturated rings. The van der Waals surface area contributed by atoms with E-state index in [1.807, 2.05) is 11.4 Å². The molecule has 0 saturated heterocycles. The molecule has 146 valence electrons. The van der Waals surface area contributed by atoms with Crippen LogP contribution in [0.4, 0.5) is 0 Å². The average molecular weight is 411 g/mol. The Morgan fingerprint density at radius 3 is 2.81 bits per heavy atom. The zero-order valence-electron chi connectivity index (χ0n) is 15.4. The maximum atomic E-state index is 11.3. The molecule has 27 heavy (non-hydrogen) atoms. The van der Waals surface area contributed by atoms with E-state index in [1.165, 1.54) is 6.26 Å². The first-order valence-electron chi connectivity index (χ1n) is 9.12. The number of hydrogen-bond donors (Lipinski definition) is 2. The number of hydrogen-bond acceptors (Lipinski definition) is 6. The number of nitrogens with zero attached hydrogens (tertiary/aromatic N) is 4. The molecule has 3 aromatic rings. The first kappa shape index (κ1) is 18.7.